The van der Waals surface area contributed by atoms with Crippen LogP contribution in [-0.4, -0.2) is 34.5 Å². The summed E-state index contributed by atoms with van der Waals surface area (Å²) in [4.78, 5) is 29.6. The summed E-state index contributed by atoms with van der Waals surface area (Å²) in [6.07, 6.45) is 7.67. The molecule has 0 bridgehead atoms. The topological polar surface area (TPSA) is 66.8 Å². The van der Waals surface area contributed by atoms with E-state index < -0.39 is 0 Å². The van der Waals surface area contributed by atoms with Crippen molar-refractivity contribution >= 4 is 40.0 Å². The van der Waals surface area contributed by atoms with Gasteiger partial charge in [-0.2, -0.15) is 0 Å². The zero-order valence-corrected chi connectivity index (χ0v) is 24.1. The number of aromatic hydroxyl groups is 1. The monoisotopic (exact) mass is 555 g/mol. The Balaban J connectivity index is 1.23. The molecule has 0 spiro atoms. The maximum Gasteiger partial charge on any atom is 0.234 e. The first-order chi connectivity index (χ1) is 19.5. The number of benzene rings is 2. The Bertz CT molecular complexity index is 1490. The van der Waals surface area contributed by atoms with Gasteiger partial charge in [0.2, 0.25) is 11.8 Å². The van der Waals surface area contributed by atoms with Crippen LogP contribution in [-0.2, 0) is 20.9 Å². The lowest BCUT2D eigenvalue weighted by Gasteiger charge is -2.31. The van der Waals surface area contributed by atoms with E-state index >= 15 is 0 Å². The Kier molecular flexibility index (Phi) is 7.65. The van der Waals surface area contributed by atoms with Gasteiger partial charge in [-0.05, 0) is 66.1 Å². The maximum atomic E-state index is 13.6. The summed E-state index contributed by atoms with van der Waals surface area (Å²) in [6, 6.07) is 15.7. The molecule has 1 aliphatic carbocycles. The fourth-order valence-corrected chi connectivity index (χ4v) is 7.84. The molecule has 5 nitrogen and oxygen atoms in total. The number of thiophene rings is 1. The Hall–Kier alpha value is -3.22. The fraction of sp³-hybridized carbons (Fsp3) is 0.412. The molecule has 0 unspecified atom stereocenters. The lowest BCUT2D eigenvalue weighted by atomic mass is 9.69. The number of amides is 2. The quantitative estimate of drug-likeness (QED) is 0.219. The second-order valence-electron chi connectivity index (χ2n) is 11.3. The average molecular weight is 556 g/mol. The van der Waals surface area contributed by atoms with Crippen molar-refractivity contribution < 1.29 is 19.4 Å². The number of allylic oxidation sites excluding steroid dienone is 2. The molecule has 2 amide bonds. The van der Waals surface area contributed by atoms with E-state index in [1.807, 2.05) is 41.8 Å². The van der Waals surface area contributed by atoms with Gasteiger partial charge in [-0.3, -0.25) is 14.5 Å². The average Bonchev–Trinajstić information content (AvgIpc) is 3.69. The Labute approximate surface area is 240 Å². The molecule has 6 rings (SSSR count). The predicted molar refractivity (Wildman–Crippen MR) is 160 cm³/mol. The normalized spacial score (nSPS) is 24.8. The molecular weight excluding hydrogens is 518 g/mol. The molecule has 3 heterocycles. The van der Waals surface area contributed by atoms with Gasteiger partial charge in [-0.25, -0.2) is 0 Å². The number of likely N-dealkylation sites (tertiary alicyclic amines) is 1. The molecule has 40 heavy (non-hydrogen) atoms. The molecule has 1 aromatic heterocycles. The first-order valence-corrected chi connectivity index (χ1v) is 15.5. The van der Waals surface area contributed by atoms with E-state index in [2.05, 4.69) is 26.0 Å². The largest absolute Gasteiger partial charge is 0.507 e. The smallest absolute Gasteiger partial charge is 0.234 e. The van der Waals surface area contributed by atoms with Crippen molar-refractivity contribution in [3.8, 4) is 5.75 Å². The second-order valence-corrected chi connectivity index (χ2v) is 12.4. The van der Waals surface area contributed by atoms with Crippen LogP contribution in [0.15, 0.2) is 70.6 Å². The molecule has 3 aromatic rings. The third-order valence-corrected chi connectivity index (χ3v) is 9.87. The summed E-state index contributed by atoms with van der Waals surface area (Å²) in [5.74, 6) is -0.266. The van der Waals surface area contributed by atoms with E-state index in [0.29, 0.717) is 25.3 Å². The van der Waals surface area contributed by atoms with E-state index in [9.17, 15) is 14.7 Å². The number of imide groups is 1. The van der Waals surface area contributed by atoms with Crippen molar-refractivity contribution in [3.63, 3.8) is 0 Å². The highest BCUT2D eigenvalue weighted by atomic mass is 32.1. The SMILES string of the molecule is CCC/C(=C\c1ccc(O)c2ccccc12)CC[C@H]1OC[C@H]2C1=C(CC)C[C@H]1C(=O)N(Cc3cccs3)C(=O)[C@H]12. The van der Waals surface area contributed by atoms with Crippen LogP contribution < -0.4 is 0 Å². The van der Waals surface area contributed by atoms with Crippen molar-refractivity contribution in [3.05, 3.63) is 81.1 Å². The van der Waals surface area contributed by atoms with Gasteiger partial charge in [-0.1, -0.05) is 73.9 Å². The number of phenols is 1. The second kappa shape index (κ2) is 11.3. The molecule has 2 fully saturated rings. The number of rotatable bonds is 9. The van der Waals surface area contributed by atoms with Crippen LogP contribution in [0.25, 0.3) is 16.8 Å². The van der Waals surface area contributed by atoms with Gasteiger partial charge in [0.15, 0.2) is 0 Å². The van der Waals surface area contributed by atoms with Gasteiger partial charge in [0.1, 0.15) is 5.75 Å². The molecule has 2 aliphatic heterocycles. The fourth-order valence-electron chi connectivity index (χ4n) is 7.15. The maximum absolute atomic E-state index is 13.6. The van der Waals surface area contributed by atoms with Crippen LogP contribution in [0.2, 0.25) is 0 Å². The number of fused-ring (bicyclic) bond motifs is 4. The van der Waals surface area contributed by atoms with Crippen LogP contribution >= 0.6 is 11.3 Å². The zero-order chi connectivity index (χ0) is 27.8. The van der Waals surface area contributed by atoms with Crippen molar-refractivity contribution in [2.75, 3.05) is 6.61 Å². The molecule has 6 heteroatoms. The van der Waals surface area contributed by atoms with E-state index in [0.717, 1.165) is 53.3 Å². The van der Waals surface area contributed by atoms with Crippen LogP contribution in [0, 0.1) is 17.8 Å². The van der Waals surface area contributed by atoms with Crippen LogP contribution in [0.4, 0.5) is 0 Å². The summed E-state index contributed by atoms with van der Waals surface area (Å²) in [6.45, 7) is 5.27. The molecule has 0 radical (unpaired) electrons. The van der Waals surface area contributed by atoms with Crippen molar-refractivity contribution in [2.24, 2.45) is 17.8 Å². The number of carbonyl (C=O) groups excluding carboxylic acids is 2. The van der Waals surface area contributed by atoms with E-state index in [1.165, 1.54) is 21.6 Å². The molecule has 208 valence electrons. The van der Waals surface area contributed by atoms with Gasteiger partial charge in [0.05, 0.1) is 31.1 Å². The van der Waals surface area contributed by atoms with E-state index in [-0.39, 0.29) is 35.7 Å². The molecule has 1 N–H and O–H groups in total. The molecule has 2 saturated heterocycles. The third-order valence-electron chi connectivity index (χ3n) is 9.01. The summed E-state index contributed by atoms with van der Waals surface area (Å²) in [5, 5.41) is 14.2. The number of hydrogen-bond donors (Lipinski definition) is 1. The van der Waals surface area contributed by atoms with Crippen LogP contribution in [0.5, 0.6) is 5.75 Å². The standard InChI is InChI=1S/C34H37NO4S/c1-3-8-21(17-23-13-14-29(36)26-11-6-5-10-25(23)26)12-15-30-31-22(4-2)18-27-32(28(31)20-39-30)34(38)35(33(27)37)19-24-9-7-16-40-24/h5-7,9-11,13-14,16-17,27-28,30,32,36H,3-4,8,12,15,18-20H2,1-2H3/b21-17+/t27-,28+,30-,32-/m1/s1. The lowest BCUT2D eigenvalue weighted by molar-refractivity contribution is -0.140. The van der Waals surface area contributed by atoms with Crippen molar-refractivity contribution in [1.82, 2.24) is 4.90 Å². The number of ether oxygens (including phenoxy) is 1. The Morgan fingerprint density at radius 3 is 2.60 bits per heavy atom. The van der Waals surface area contributed by atoms with Gasteiger partial charge in [0, 0.05) is 16.2 Å². The molecule has 3 aliphatic rings. The van der Waals surface area contributed by atoms with Gasteiger partial charge >= 0.3 is 0 Å². The minimum atomic E-state index is -0.295. The highest BCUT2D eigenvalue weighted by Gasteiger charge is 2.56. The Morgan fingerprint density at radius 1 is 1.02 bits per heavy atom. The van der Waals surface area contributed by atoms with Crippen LogP contribution in [0.1, 0.15) is 62.8 Å². The van der Waals surface area contributed by atoms with Crippen molar-refractivity contribution in [1.29, 1.82) is 0 Å². The number of carbonyl (C=O) groups is 2. The molecule has 0 saturated carbocycles. The molecule has 4 atom stereocenters. The first-order valence-electron chi connectivity index (χ1n) is 14.6. The van der Waals surface area contributed by atoms with Gasteiger partial charge in [-0.15, -0.1) is 11.3 Å². The minimum Gasteiger partial charge on any atom is -0.507 e. The first kappa shape index (κ1) is 27.0. The van der Waals surface area contributed by atoms with E-state index in [4.69, 9.17) is 4.74 Å². The van der Waals surface area contributed by atoms with Crippen LogP contribution in [0.3, 0.4) is 0 Å². The summed E-state index contributed by atoms with van der Waals surface area (Å²) in [7, 11) is 0. The lowest BCUT2D eigenvalue weighted by Crippen LogP contribution is -2.34. The zero-order valence-electron chi connectivity index (χ0n) is 23.3. The summed E-state index contributed by atoms with van der Waals surface area (Å²) >= 11 is 1.59. The molecule has 2 aromatic carbocycles. The number of nitrogens with zero attached hydrogens (tertiary/aromatic N) is 1. The minimum absolute atomic E-state index is 0.00290. The molecular formula is C34H37NO4S. The van der Waals surface area contributed by atoms with Crippen molar-refractivity contribution in [2.45, 2.75) is 65.0 Å². The highest BCUT2D eigenvalue weighted by Crippen LogP contribution is 2.50. The third kappa shape index (κ3) is 4.82. The van der Waals surface area contributed by atoms with E-state index in [1.54, 1.807) is 17.4 Å². The van der Waals surface area contributed by atoms with Gasteiger partial charge < -0.3 is 9.84 Å². The van der Waals surface area contributed by atoms with Gasteiger partial charge in [0.25, 0.3) is 0 Å². The predicted octanol–water partition coefficient (Wildman–Crippen LogP) is 7.50. The number of phenolic OH excluding ortho intramolecular Hbond substituents is 1. The summed E-state index contributed by atoms with van der Waals surface area (Å²) in [5.41, 5.74) is 5.11. The number of hydrogen-bond acceptors (Lipinski definition) is 5. The Morgan fingerprint density at radius 2 is 1.85 bits per heavy atom. The highest BCUT2D eigenvalue weighted by molar-refractivity contribution is 7.09. The summed E-state index contributed by atoms with van der Waals surface area (Å²) < 4.78 is 6.43.